The highest BCUT2D eigenvalue weighted by molar-refractivity contribution is 6.16. The zero-order valence-corrected chi connectivity index (χ0v) is 36.3. The number of nitrogens with zero attached hydrogens (tertiary/aromatic N) is 5. The van der Waals surface area contributed by atoms with E-state index in [2.05, 4.69) is 200 Å². The molecule has 0 spiro atoms. The lowest BCUT2D eigenvalue weighted by molar-refractivity contribution is 0.591. The van der Waals surface area contributed by atoms with Crippen LogP contribution in [0.25, 0.3) is 98.5 Å². The fourth-order valence-electron chi connectivity index (χ4n) is 9.97. The van der Waals surface area contributed by atoms with E-state index >= 15 is 0 Å². The van der Waals surface area contributed by atoms with Crippen LogP contribution in [0, 0.1) is 17.9 Å². The minimum absolute atomic E-state index is 0.0846. The highest BCUT2D eigenvalue weighted by atomic mass is 15.1. The molecule has 0 atom stereocenters. The zero-order valence-electron chi connectivity index (χ0n) is 36.3. The van der Waals surface area contributed by atoms with Crippen LogP contribution in [0.2, 0.25) is 0 Å². The van der Waals surface area contributed by atoms with E-state index in [-0.39, 0.29) is 10.8 Å². The van der Waals surface area contributed by atoms with Gasteiger partial charge in [0.25, 0.3) is 0 Å². The standard InChI is InChI=1S/C58H45N5/c1-57(2,3)37-29-31-50-43(33-37)41-23-13-17-27-48(41)61(50)54-45(35-59)52(36-19-9-8-10-20-36)53(60-7)55(56(54)63-46-25-15-11-21-39(46)40-22-12-16-26-47(40)63)62-49-28-18-14-24-42(49)44-34-38(58(4,5)6)30-32-51(44)62/h8-34H,1-6H3. The number of para-hydroxylation sites is 4. The maximum Gasteiger partial charge on any atom is 0.221 e. The Hall–Kier alpha value is -7.86. The quantitative estimate of drug-likeness (QED) is 0.163. The number of hydrogen-bond donors (Lipinski definition) is 0. The molecule has 0 saturated carbocycles. The number of benzene rings is 8. The van der Waals surface area contributed by atoms with Gasteiger partial charge in [-0.05, 0) is 76.1 Å². The van der Waals surface area contributed by atoms with Gasteiger partial charge in [0, 0.05) is 37.9 Å². The Morgan fingerprint density at radius 1 is 0.429 bits per heavy atom. The highest BCUT2D eigenvalue weighted by Crippen LogP contribution is 2.52. The summed E-state index contributed by atoms with van der Waals surface area (Å²) in [6, 6.07) is 60.5. The van der Waals surface area contributed by atoms with E-state index in [1.807, 2.05) is 30.3 Å². The molecular formula is C58H45N5. The average molecular weight is 812 g/mol. The first-order valence-electron chi connectivity index (χ1n) is 21.6. The van der Waals surface area contributed by atoms with Crippen LogP contribution in [0.5, 0.6) is 0 Å². The normalized spacial score (nSPS) is 12.3. The molecule has 0 unspecified atom stereocenters. The maximum atomic E-state index is 11.9. The molecular weight excluding hydrogens is 767 g/mol. The molecule has 0 aliphatic heterocycles. The minimum atomic E-state index is -0.0857. The Morgan fingerprint density at radius 3 is 1.21 bits per heavy atom. The predicted octanol–water partition coefficient (Wildman–Crippen LogP) is 15.7. The summed E-state index contributed by atoms with van der Waals surface area (Å²) in [6.45, 7) is 22.8. The van der Waals surface area contributed by atoms with Crippen molar-refractivity contribution in [1.29, 1.82) is 5.26 Å². The Kier molecular flexibility index (Phi) is 8.36. The van der Waals surface area contributed by atoms with E-state index in [1.54, 1.807) is 0 Å². The first-order valence-corrected chi connectivity index (χ1v) is 21.6. The molecule has 11 aromatic rings. The van der Waals surface area contributed by atoms with Crippen molar-refractivity contribution in [2.24, 2.45) is 0 Å². The second-order valence-electron chi connectivity index (χ2n) is 18.8. The van der Waals surface area contributed by atoms with Gasteiger partial charge in [-0.1, -0.05) is 157 Å². The van der Waals surface area contributed by atoms with Gasteiger partial charge >= 0.3 is 0 Å². The molecule has 5 nitrogen and oxygen atoms in total. The largest absolute Gasteiger partial charge is 0.317 e. The summed E-state index contributed by atoms with van der Waals surface area (Å²) in [5.41, 5.74) is 12.7. The summed E-state index contributed by atoms with van der Waals surface area (Å²) in [5, 5.41) is 18.5. The Labute approximate surface area is 367 Å². The van der Waals surface area contributed by atoms with E-state index in [1.165, 1.54) is 11.1 Å². The number of rotatable bonds is 4. The van der Waals surface area contributed by atoms with Gasteiger partial charge in [0.1, 0.15) is 6.07 Å². The lowest BCUT2D eigenvalue weighted by atomic mass is 9.86. The molecule has 0 bridgehead atoms. The fourth-order valence-corrected chi connectivity index (χ4v) is 9.97. The lowest BCUT2D eigenvalue weighted by Gasteiger charge is -2.27. The molecule has 3 aromatic heterocycles. The second kappa shape index (κ2) is 13.8. The first kappa shape index (κ1) is 38.1. The first-order chi connectivity index (χ1) is 30.5. The van der Waals surface area contributed by atoms with E-state index in [9.17, 15) is 11.8 Å². The van der Waals surface area contributed by atoms with Crippen LogP contribution < -0.4 is 0 Å². The van der Waals surface area contributed by atoms with Gasteiger partial charge in [0.15, 0.2) is 0 Å². The monoisotopic (exact) mass is 811 g/mol. The molecule has 11 rings (SSSR count). The van der Waals surface area contributed by atoms with Crippen molar-refractivity contribution in [3.05, 3.63) is 192 Å². The smallest absolute Gasteiger partial charge is 0.221 e. The van der Waals surface area contributed by atoms with Crippen molar-refractivity contribution < 1.29 is 0 Å². The van der Waals surface area contributed by atoms with Crippen molar-refractivity contribution in [3.8, 4) is 34.3 Å². The summed E-state index contributed by atoms with van der Waals surface area (Å²) in [7, 11) is 0. The van der Waals surface area contributed by atoms with Crippen molar-refractivity contribution in [3.63, 3.8) is 0 Å². The SMILES string of the molecule is [C-]#[N+]c1c(-c2ccccc2)c(C#N)c(-n2c3ccccc3c3cc(C(C)(C)C)ccc32)c(-n2c3ccccc3c3ccccc32)c1-n1c2ccccc2c2cc(C(C)(C)C)ccc21. The van der Waals surface area contributed by atoms with E-state index in [4.69, 9.17) is 0 Å². The zero-order chi connectivity index (χ0) is 43.4. The lowest BCUT2D eigenvalue weighted by Crippen LogP contribution is -2.13. The van der Waals surface area contributed by atoms with E-state index in [0.29, 0.717) is 16.8 Å². The van der Waals surface area contributed by atoms with Crippen LogP contribution in [0.4, 0.5) is 5.69 Å². The number of aromatic nitrogens is 3. The van der Waals surface area contributed by atoms with Gasteiger partial charge in [-0.15, -0.1) is 0 Å². The van der Waals surface area contributed by atoms with Crippen molar-refractivity contribution in [1.82, 2.24) is 13.7 Å². The maximum absolute atomic E-state index is 11.9. The van der Waals surface area contributed by atoms with E-state index in [0.717, 1.165) is 88.0 Å². The summed E-state index contributed by atoms with van der Waals surface area (Å²) in [5.74, 6) is 0. The van der Waals surface area contributed by atoms with Crippen LogP contribution in [0.1, 0.15) is 58.2 Å². The Morgan fingerprint density at radius 2 is 0.794 bits per heavy atom. The fraction of sp³-hybridized carbons (Fsp3) is 0.138. The highest BCUT2D eigenvalue weighted by Gasteiger charge is 2.33. The molecule has 302 valence electrons. The minimum Gasteiger partial charge on any atom is -0.317 e. The van der Waals surface area contributed by atoms with Gasteiger partial charge in [-0.2, -0.15) is 5.26 Å². The molecule has 0 saturated heterocycles. The molecule has 0 N–H and O–H groups in total. The van der Waals surface area contributed by atoms with E-state index < -0.39 is 0 Å². The van der Waals surface area contributed by atoms with Crippen LogP contribution in [-0.2, 0) is 10.8 Å². The molecule has 5 heteroatoms. The number of fused-ring (bicyclic) bond motifs is 9. The summed E-state index contributed by atoms with van der Waals surface area (Å²) < 4.78 is 6.95. The third kappa shape index (κ3) is 5.60. The molecule has 63 heavy (non-hydrogen) atoms. The molecule has 0 fully saturated rings. The Balaban J connectivity index is 1.47. The predicted molar refractivity (Wildman–Crippen MR) is 263 cm³/mol. The molecule has 0 amide bonds. The summed E-state index contributed by atoms with van der Waals surface area (Å²) in [4.78, 5) is 4.55. The Bertz CT molecular complexity index is 3550. The molecule has 8 aromatic carbocycles. The molecule has 3 heterocycles. The number of hydrogen-bond acceptors (Lipinski definition) is 1. The van der Waals surface area contributed by atoms with Gasteiger partial charge in [-0.25, -0.2) is 4.85 Å². The van der Waals surface area contributed by atoms with Gasteiger partial charge in [-0.3, -0.25) is 0 Å². The topological polar surface area (TPSA) is 42.9 Å². The van der Waals surface area contributed by atoms with Crippen LogP contribution in [0.15, 0.2) is 164 Å². The van der Waals surface area contributed by atoms with Crippen LogP contribution in [0.3, 0.4) is 0 Å². The molecule has 0 radical (unpaired) electrons. The second-order valence-corrected chi connectivity index (χ2v) is 18.8. The third-order valence-electron chi connectivity index (χ3n) is 13.0. The average Bonchev–Trinajstić information content (AvgIpc) is 3.93. The van der Waals surface area contributed by atoms with Crippen LogP contribution >= 0.6 is 0 Å². The summed E-state index contributed by atoms with van der Waals surface area (Å²) in [6.07, 6.45) is 0. The summed E-state index contributed by atoms with van der Waals surface area (Å²) >= 11 is 0. The van der Waals surface area contributed by atoms with Crippen molar-refractivity contribution >= 4 is 71.1 Å². The van der Waals surface area contributed by atoms with Gasteiger partial charge < -0.3 is 13.7 Å². The number of nitriles is 1. The third-order valence-corrected chi connectivity index (χ3v) is 13.0. The van der Waals surface area contributed by atoms with Crippen molar-refractivity contribution in [2.75, 3.05) is 0 Å². The van der Waals surface area contributed by atoms with Gasteiger partial charge in [0.05, 0.1) is 62.3 Å². The molecule has 0 aliphatic carbocycles. The molecule has 0 aliphatic rings. The van der Waals surface area contributed by atoms with Gasteiger partial charge in [0.2, 0.25) is 5.69 Å². The van der Waals surface area contributed by atoms with Crippen molar-refractivity contribution in [2.45, 2.75) is 52.4 Å². The van der Waals surface area contributed by atoms with Crippen LogP contribution in [-0.4, -0.2) is 13.7 Å².